The van der Waals surface area contributed by atoms with E-state index in [4.69, 9.17) is 11.6 Å². The lowest BCUT2D eigenvalue weighted by Gasteiger charge is -2.50. The molecule has 0 amide bonds. The molecule has 0 bridgehead atoms. The molecule has 0 aliphatic carbocycles. The highest BCUT2D eigenvalue weighted by molar-refractivity contribution is 6.31. The second-order valence-corrected chi connectivity index (χ2v) is 10.5. The predicted molar refractivity (Wildman–Crippen MR) is 127 cm³/mol. The summed E-state index contributed by atoms with van der Waals surface area (Å²) >= 11 is 6.03. The number of hydrogen-bond donors (Lipinski definition) is 3. The van der Waals surface area contributed by atoms with Gasteiger partial charge in [0.15, 0.2) is 0 Å². The SMILES string of the molecule is CN1NC(c2cc3ncc(Cl)cc3cc2O)=CC=C1N(C)C1CC(C)(C)NC(C)(C)C1. The van der Waals surface area contributed by atoms with E-state index in [9.17, 15) is 5.11 Å². The number of hydrazine groups is 1. The van der Waals surface area contributed by atoms with Gasteiger partial charge in [-0.2, -0.15) is 0 Å². The quantitative estimate of drug-likeness (QED) is 0.653. The van der Waals surface area contributed by atoms with Gasteiger partial charge in [-0.05, 0) is 70.9 Å². The van der Waals surface area contributed by atoms with Gasteiger partial charge in [-0.3, -0.25) is 15.4 Å². The minimum absolute atomic E-state index is 0.0791. The molecular weight excluding hydrogens is 410 g/mol. The van der Waals surface area contributed by atoms with Crippen molar-refractivity contribution in [2.75, 3.05) is 14.1 Å². The number of halogens is 1. The van der Waals surface area contributed by atoms with Crippen molar-refractivity contribution in [3.63, 3.8) is 0 Å². The van der Waals surface area contributed by atoms with Crippen LogP contribution in [-0.2, 0) is 0 Å². The van der Waals surface area contributed by atoms with Crippen LogP contribution in [0.5, 0.6) is 5.75 Å². The number of benzene rings is 1. The van der Waals surface area contributed by atoms with Crippen molar-refractivity contribution >= 4 is 28.2 Å². The zero-order valence-corrected chi connectivity index (χ0v) is 19.9. The first-order valence-electron chi connectivity index (χ1n) is 10.7. The summed E-state index contributed by atoms with van der Waals surface area (Å²) < 4.78 is 0. The van der Waals surface area contributed by atoms with Crippen molar-refractivity contribution in [3.8, 4) is 5.75 Å². The van der Waals surface area contributed by atoms with E-state index < -0.39 is 0 Å². The molecule has 0 spiro atoms. The maximum Gasteiger partial charge on any atom is 0.125 e. The van der Waals surface area contributed by atoms with Gasteiger partial charge in [0.05, 0.1) is 16.2 Å². The van der Waals surface area contributed by atoms with Gasteiger partial charge in [-0.15, -0.1) is 0 Å². The van der Waals surface area contributed by atoms with Gasteiger partial charge in [-0.25, -0.2) is 0 Å². The van der Waals surface area contributed by atoms with Gasteiger partial charge in [0.1, 0.15) is 11.6 Å². The third kappa shape index (κ3) is 4.46. The maximum absolute atomic E-state index is 10.6. The number of phenolic OH excluding ortho intramolecular Hbond substituents is 1. The molecule has 0 unspecified atom stereocenters. The Balaban J connectivity index is 1.63. The maximum atomic E-state index is 10.6. The van der Waals surface area contributed by atoms with Crippen molar-refractivity contribution < 1.29 is 5.11 Å². The van der Waals surface area contributed by atoms with Gasteiger partial charge in [0.2, 0.25) is 0 Å². The topological polar surface area (TPSA) is 63.7 Å². The Morgan fingerprint density at radius 3 is 2.45 bits per heavy atom. The van der Waals surface area contributed by atoms with Crippen molar-refractivity contribution in [1.29, 1.82) is 0 Å². The molecule has 1 fully saturated rings. The van der Waals surface area contributed by atoms with Crippen LogP contribution in [0.25, 0.3) is 16.6 Å². The molecule has 2 aliphatic rings. The second-order valence-electron chi connectivity index (χ2n) is 10.1. The molecule has 6 nitrogen and oxygen atoms in total. The average Bonchev–Trinajstić information content (AvgIpc) is 2.64. The summed E-state index contributed by atoms with van der Waals surface area (Å²) in [6, 6.07) is 5.81. The summed E-state index contributed by atoms with van der Waals surface area (Å²) in [6.07, 6.45) is 7.87. The highest BCUT2D eigenvalue weighted by Gasteiger charge is 2.40. The standard InChI is InChI=1S/C24H32ClN5O/c1-23(2)12-17(13-24(3,4)28-23)29(5)22-8-7-19(27-30(22)6)18-11-20-15(10-21(18)31)9-16(25)14-26-20/h7-11,14,17,27-28,31H,12-13H2,1-6H3. The minimum Gasteiger partial charge on any atom is -0.507 e. The summed E-state index contributed by atoms with van der Waals surface area (Å²) in [5.74, 6) is 1.28. The number of phenols is 1. The number of rotatable bonds is 3. The van der Waals surface area contributed by atoms with Gasteiger partial charge < -0.3 is 15.3 Å². The van der Waals surface area contributed by atoms with Crippen molar-refractivity contribution in [3.05, 3.63) is 53.0 Å². The van der Waals surface area contributed by atoms with Crippen LogP contribution in [0.1, 0.15) is 46.1 Å². The molecule has 166 valence electrons. The zero-order valence-electron chi connectivity index (χ0n) is 19.1. The first-order chi connectivity index (χ1) is 14.4. The Morgan fingerprint density at radius 1 is 1.13 bits per heavy atom. The number of nitrogens with one attached hydrogen (secondary N) is 2. The van der Waals surface area contributed by atoms with Gasteiger partial charge in [0.25, 0.3) is 0 Å². The number of fused-ring (bicyclic) bond motifs is 1. The number of aromatic nitrogens is 1. The molecule has 31 heavy (non-hydrogen) atoms. The van der Waals surface area contributed by atoms with E-state index in [1.165, 1.54) is 0 Å². The summed E-state index contributed by atoms with van der Waals surface area (Å²) in [6.45, 7) is 9.09. The van der Waals surface area contributed by atoms with E-state index in [2.05, 4.69) is 61.4 Å². The van der Waals surface area contributed by atoms with Crippen LogP contribution in [-0.4, -0.2) is 51.2 Å². The van der Waals surface area contributed by atoms with Crippen LogP contribution in [0.15, 0.2) is 42.4 Å². The fourth-order valence-electron chi connectivity index (χ4n) is 5.13. The number of piperidine rings is 1. The summed E-state index contributed by atoms with van der Waals surface area (Å²) in [7, 11) is 4.16. The molecule has 2 aromatic rings. The molecule has 3 N–H and O–H groups in total. The molecular formula is C24H32ClN5O. The molecule has 0 saturated carbocycles. The Hall–Kier alpha value is -2.44. The third-order valence-corrected chi connectivity index (χ3v) is 6.37. The Bertz CT molecular complexity index is 1060. The minimum atomic E-state index is 0.0791. The van der Waals surface area contributed by atoms with Crippen LogP contribution < -0.4 is 10.7 Å². The number of aromatic hydroxyl groups is 1. The number of pyridine rings is 1. The van der Waals surface area contributed by atoms with Crippen LogP contribution in [0, 0.1) is 0 Å². The van der Waals surface area contributed by atoms with Crippen molar-refractivity contribution in [2.45, 2.75) is 57.7 Å². The molecule has 1 saturated heterocycles. The van der Waals surface area contributed by atoms with E-state index in [0.717, 1.165) is 35.3 Å². The molecule has 0 radical (unpaired) electrons. The number of allylic oxidation sites excluding steroid dienone is 2. The van der Waals surface area contributed by atoms with Gasteiger partial charge >= 0.3 is 0 Å². The number of hydrogen-bond acceptors (Lipinski definition) is 6. The van der Waals surface area contributed by atoms with Crippen molar-refractivity contribution in [2.24, 2.45) is 0 Å². The van der Waals surface area contributed by atoms with E-state index in [1.807, 2.05) is 24.2 Å². The Labute approximate surface area is 189 Å². The molecule has 1 aromatic heterocycles. The highest BCUT2D eigenvalue weighted by atomic mass is 35.5. The summed E-state index contributed by atoms with van der Waals surface area (Å²) in [5, 5.41) is 17.7. The summed E-state index contributed by atoms with van der Waals surface area (Å²) in [5.41, 5.74) is 5.89. The molecule has 3 heterocycles. The van der Waals surface area contributed by atoms with Crippen LogP contribution >= 0.6 is 11.6 Å². The average molecular weight is 442 g/mol. The first kappa shape index (κ1) is 21.8. The lowest BCUT2D eigenvalue weighted by Crippen LogP contribution is -2.62. The fraction of sp³-hybridized carbons (Fsp3) is 0.458. The zero-order chi connectivity index (χ0) is 22.6. The highest BCUT2D eigenvalue weighted by Crippen LogP contribution is 2.35. The Kier molecular flexibility index (Phi) is 5.34. The van der Waals surface area contributed by atoms with E-state index >= 15 is 0 Å². The van der Waals surface area contributed by atoms with E-state index in [0.29, 0.717) is 16.6 Å². The van der Waals surface area contributed by atoms with Gasteiger partial charge in [-0.1, -0.05) is 11.6 Å². The summed E-state index contributed by atoms with van der Waals surface area (Å²) in [4.78, 5) is 6.74. The molecule has 0 atom stereocenters. The molecule has 2 aliphatic heterocycles. The van der Waals surface area contributed by atoms with E-state index in [1.54, 1.807) is 18.3 Å². The second kappa shape index (κ2) is 7.61. The van der Waals surface area contributed by atoms with Gasteiger partial charge in [0, 0.05) is 48.4 Å². The molecule has 1 aromatic carbocycles. The lowest BCUT2D eigenvalue weighted by atomic mass is 9.79. The molecule has 4 rings (SSSR count). The van der Waals surface area contributed by atoms with Crippen LogP contribution in [0.3, 0.4) is 0 Å². The normalized spacial score (nSPS) is 20.8. The monoisotopic (exact) mass is 441 g/mol. The third-order valence-electron chi connectivity index (χ3n) is 6.16. The predicted octanol–water partition coefficient (Wildman–Crippen LogP) is 4.47. The Morgan fingerprint density at radius 2 is 1.81 bits per heavy atom. The number of nitrogens with zero attached hydrogens (tertiary/aromatic N) is 3. The van der Waals surface area contributed by atoms with Crippen LogP contribution in [0.2, 0.25) is 5.02 Å². The first-order valence-corrected chi connectivity index (χ1v) is 11.1. The van der Waals surface area contributed by atoms with E-state index in [-0.39, 0.29) is 16.8 Å². The van der Waals surface area contributed by atoms with Crippen molar-refractivity contribution in [1.82, 2.24) is 25.6 Å². The lowest BCUT2D eigenvalue weighted by molar-refractivity contribution is 0.0775. The smallest absolute Gasteiger partial charge is 0.125 e. The largest absolute Gasteiger partial charge is 0.507 e. The fourth-order valence-corrected chi connectivity index (χ4v) is 5.30. The molecule has 7 heteroatoms. The van der Waals surface area contributed by atoms with Crippen LogP contribution in [0.4, 0.5) is 0 Å².